The Morgan fingerprint density at radius 1 is 1.15 bits per heavy atom. The first-order chi connectivity index (χ1) is 9.38. The first-order valence-electron chi connectivity index (χ1n) is 6.60. The van der Waals surface area contributed by atoms with Crippen molar-refractivity contribution in [2.45, 2.75) is 32.1 Å². The second-order valence-corrected chi connectivity index (χ2v) is 6.83. The van der Waals surface area contributed by atoms with E-state index in [1.165, 1.54) is 0 Å². The van der Waals surface area contributed by atoms with Crippen LogP contribution in [-0.2, 0) is 16.4 Å². The Kier molecular flexibility index (Phi) is 4.30. The SMILES string of the molecule is Cc1cccc(S(=O)(=O)NCCc2cc(C)[nH]c2C)c1. The average molecular weight is 292 g/mol. The second-order valence-electron chi connectivity index (χ2n) is 5.07. The molecule has 2 aromatic rings. The molecule has 1 aromatic heterocycles. The van der Waals surface area contributed by atoms with Gasteiger partial charge in [0.2, 0.25) is 10.0 Å². The number of aryl methyl sites for hydroxylation is 3. The molecule has 0 aliphatic rings. The van der Waals surface area contributed by atoms with Gasteiger partial charge in [0.25, 0.3) is 0 Å². The largest absolute Gasteiger partial charge is 0.362 e. The summed E-state index contributed by atoms with van der Waals surface area (Å²) in [4.78, 5) is 3.54. The normalized spacial score (nSPS) is 11.8. The summed E-state index contributed by atoms with van der Waals surface area (Å²) < 4.78 is 26.9. The number of aromatic amines is 1. The molecule has 0 aliphatic carbocycles. The van der Waals surface area contributed by atoms with Crippen molar-refractivity contribution in [3.63, 3.8) is 0 Å². The topological polar surface area (TPSA) is 62.0 Å². The van der Waals surface area contributed by atoms with Crippen molar-refractivity contribution in [2.24, 2.45) is 0 Å². The van der Waals surface area contributed by atoms with Crippen molar-refractivity contribution >= 4 is 10.0 Å². The first kappa shape index (κ1) is 14.8. The number of rotatable bonds is 5. The number of benzene rings is 1. The molecule has 5 heteroatoms. The van der Waals surface area contributed by atoms with Gasteiger partial charge in [-0.1, -0.05) is 12.1 Å². The molecule has 0 saturated carbocycles. The molecule has 4 nitrogen and oxygen atoms in total. The van der Waals surface area contributed by atoms with Gasteiger partial charge >= 0.3 is 0 Å². The summed E-state index contributed by atoms with van der Waals surface area (Å²) in [6.45, 7) is 6.27. The first-order valence-corrected chi connectivity index (χ1v) is 8.08. The number of hydrogen-bond donors (Lipinski definition) is 2. The van der Waals surface area contributed by atoms with E-state index in [4.69, 9.17) is 0 Å². The molecule has 0 radical (unpaired) electrons. The maximum atomic E-state index is 12.1. The molecule has 1 aromatic carbocycles. The summed E-state index contributed by atoms with van der Waals surface area (Å²) in [5.41, 5.74) is 4.27. The molecular formula is C15H20N2O2S. The predicted molar refractivity (Wildman–Crippen MR) is 80.3 cm³/mol. The lowest BCUT2D eigenvalue weighted by atomic mass is 10.2. The Bertz CT molecular complexity index is 702. The zero-order valence-electron chi connectivity index (χ0n) is 12.0. The smallest absolute Gasteiger partial charge is 0.240 e. The maximum Gasteiger partial charge on any atom is 0.240 e. The Morgan fingerprint density at radius 2 is 1.90 bits per heavy atom. The van der Waals surface area contributed by atoms with E-state index in [9.17, 15) is 8.42 Å². The lowest BCUT2D eigenvalue weighted by Crippen LogP contribution is -2.26. The molecule has 2 rings (SSSR count). The van der Waals surface area contributed by atoms with E-state index in [1.54, 1.807) is 18.2 Å². The fourth-order valence-electron chi connectivity index (χ4n) is 2.23. The summed E-state index contributed by atoms with van der Waals surface area (Å²) in [6.07, 6.45) is 0.682. The van der Waals surface area contributed by atoms with Gasteiger partial charge in [0.15, 0.2) is 0 Å². The minimum Gasteiger partial charge on any atom is -0.362 e. The Labute approximate surface area is 120 Å². The van der Waals surface area contributed by atoms with Crippen LogP contribution in [0.5, 0.6) is 0 Å². The molecule has 0 aliphatic heterocycles. The van der Waals surface area contributed by atoms with Crippen molar-refractivity contribution in [3.8, 4) is 0 Å². The van der Waals surface area contributed by atoms with Gasteiger partial charge in [0, 0.05) is 17.9 Å². The van der Waals surface area contributed by atoms with Gasteiger partial charge in [0.1, 0.15) is 0 Å². The van der Waals surface area contributed by atoms with Gasteiger partial charge in [-0.25, -0.2) is 13.1 Å². The van der Waals surface area contributed by atoms with Gasteiger partial charge < -0.3 is 4.98 Å². The molecule has 0 bridgehead atoms. The Hall–Kier alpha value is -1.59. The monoisotopic (exact) mass is 292 g/mol. The van der Waals surface area contributed by atoms with Crippen molar-refractivity contribution in [1.82, 2.24) is 9.71 Å². The minimum atomic E-state index is -3.42. The van der Waals surface area contributed by atoms with Crippen LogP contribution in [0, 0.1) is 20.8 Å². The molecule has 108 valence electrons. The second kappa shape index (κ2) is 5.81. The van der Waals surface area contributed by atoms with Crippen LogP contribution in [-0.4, -0.2) is 19.9 Å². The maximum absolute atomic E-state index is 12.1. The highest BCUT2D eigenvalue weighted by Crippen LogP contribution is 2.12. The van der Waals surface area contributed by atoms with Crippen molar-refractivity contribution in [3.05, 3.63) is 52.8 Å². The third-order valence-corrected chi connectivity index (χ3v) is 4.70. The van der Waals surface area contributed by atoms with Crippen LogP contribution in [0.25, 0.3) is 0 Å². The highest BCUT2D eigenvalue weighted by atomic mass is 32.2. The van der Waals surface area contributed by atoms with Crippen LogP contribution in [0.1, 0.15) is 22.5 Å². The molecule has 2 N–H and O–H groups in total. The van der Waals surface area contributed by atoms with E-state index in [0.717, 1.165) is 22.5 Å². The number of H-pyrrole nitrogens is 1. The van der Waals surface area contributed by atoms with Crippen LogP contribution < -0.4 is 4.72 Å². The highest BCUT2D eigenvalue weighted by Gasteiger charge is 2.13. The van der Waals surface area contributed by atoms with Gasteiger partial charge in [-0.2, -0.15) is 0 Å². The number of nitrogens with one attached hydrogen (secondary N) is 2. The highest BCUT2D eigenvalue weighted by molar-refractivity contribution is 7.89. The van der Waals surface area contributed by atoms with Gasteiger partial charge in [-0.3, -0.25) is 0 Å². The van der Waals surface area contributed by atoms with Crippen LogP contribution in [0.4, 0.5) is 0 Å². The fourth-order valence-corrected chi connectivity index (χ4v) is 3.36. The quantitative estimate of drug-likeness (QED) is 0.889. The van der Waals surface area contributed by atoms with Crippen LogP contribution >= 0.6 is 0 Å². The van der Waals surface area contributed by atoms with E-state index < -0.39 is 10.0 Å². The molecule has 0 atom stereocenters. The van der Waals surface area contributed by atoms with Gasteiger partial charge in [-0.05, 0) is 56.5 Å². The van der Waals surface area contributed by atoms with Crippen LogP contribution in [0.15, 0.2) is 35.2 Å². The zero-order valence-corrected chi connectivity index (χ0v) is 12.8. The fraction of sp³-hybridized carbons (Fsp3) is 0.333. The molecule has 1 heterocycles. The molecule has 0 saturated heterocycles. The molecule has 0 spiro atoms. The molecule has 0 fully saturated rings. The third-order valence-electron chi connectivity index (χ3n) is 3.24. The predicted octanol–water partition coefficient (Wildman–Crippen LogP) is 2.46. The number of aromatic nitrogens is 1. The van der Waals surface area contributed by atoms with E-state index in [-0.39, 0.29) is 0 Å². The summed E-state index contributed by atoms with van der Waals surface area (Å²) in [5.74, 6) is 0. The van der Waals surface area contributed by atoms with Gasteiger partial charge in [-0.15, -0.1) is 0 Å². The van der Waals surface area contributed by atoms with Crippen molar-refractivity contribution in [1.29, 1.82) is 0 Å². The van der Waals surface area contributed by atoms with Crippen LogP contribution in [0.3, 0.4) is 0 Å². The zero-order chi connectivity index (χ0) is 14.8. The standard InChI is InChI=1S/C15H20N2O2S/c1-11-5-4-6-15(9-11)20(18,19)16-8-7-14-10-12(2)17-13(14)3/h4-6,9-10,16-17H,7-8H2,1-3H3. The molecule has 0 amide bonds. The summed E-state index contributed by atoms with van der Waals surface area (Å²) >= 11 is 0. The summed E-state index contributed by atoms with van der Waals surface area (Å²) in [6, 6.07) is 8.97. The molecular weight excluding hydrogens is 272 g/mol. The molecule has 0 unspecified atom stereocenters. The lowest BCUT2D eigenvalue weighted by molar-refractivity contribution is 0.581. The molecule has 20 heavy (non-hydrogen) atoms. The van der Waals surface area contributed by atoms with E-state index in [1.807, 2.05) is 26.8 Å². The van der Waals surface area contributed by atoms with Crippen molar-refractivity contribution in [2.75, 3.05) is 6.54 Å². The Balaban J connectivity index is 2.01. The number of hydrogen-bond acceptors (Lipinski definition) is 2. The van der Waals surface area contributed by atoms with Gasteiger partial charge in [0.05, 0.1) is 4.90 Å². The Morgan fingerprint density at radius 3 is 2.50 bits per heavy atom. The summed E-state index contributed by atoms with van der Waals surface area (Å²) in [5, 5.41) is 0. The third kappa shape index (κ3) is 3.49. The summed E-state index contributed by atoms with van der Waals surface area (Å²) in [7, 11) is -3.42. The average Bonchev–Trinajstić information content (AvgIpc) is 2.68. The van der Waals surface area contributed by atoms with Crippen molar-refractivity contribution < 1.29 is 8.42 Å². The van der Waals surface area contributed by atoms with E-state index >= 15 is 0 Å². The van der Waals surface area contributed by atoms with Crippen LogP contribution in [0.2, 0.25) is 0 Å². The van der Waals surface area contributed by atoms with E-state index in [2.05, 4.69) is 15.8 Å². The van der Waals surface area contributed by atoms with E-state index in [0.29, 0.717) is 17.9 Å². The minimum absolute atomic E-state index is 0.319. The lowest BCUT2D eigenvalue weighted by Gasteiger charge is -2.07. The number of sulfonamides is 1.